The van der Waals surface area contributed by atoms with Crippen LogP contribution in [0.25, 0.3) is 83.2 Å². The summed E-state index contributed by atoms with van der Waals surface area (Å²) in [6.45, 7) is 4.83. The average molecular weight is 620 g/mol. The van der Waals surface area contributed by atoms with Crippen LogP contribution in [0.5, 0.6) is 0 Å². The second kappa shape index (κ2) is 9.61. The van der Waals surface area contributed by atoms with E-state index in [1.54, 1.807) is 0 Å². The highest BCUT2D eigenvalue weighted by Gasteiger charge is 2.41. The van der Waals surface area contributed by atoms with E-state index in [-0.39, 0.29) is 0 Å². The van der Waals surface area contributed by atoms with Crippen molar-refractivity contribution in [3.63, 3.8) is 0 Å². The fourth-order valence-electron chi connectivity index (χ4n) is 7.77. The summed E-state index contributed by atoms with van der Waals surface area (Å²) in [6, 6.07) is 49.5. The molecule has 0 saturated carbocycles. The summed E-state index contributed by atoms with van der Waals surface area (Å²) in [6.07, 6.45) is 0. The predicted octanol–water partition coefficient (Wildman–Crippen LogP) is 9.61. The van der Waals surface area contributed by atoms with Crippen molar-refractivity contribution in [3.05, 3.63) is 140 Å². The van der Waals surface area contributed by atoms with Gasteiger partial charge in [0.25, 0.3) is 0 Å². The van der Waals surface area contributed by atoms with Gasteiger partial charge in [0.05, 0.1) is 22.4 Å². The van der Waals surface area contributed by atoms with Crippen LogP contribution in [0.2, 0.25) is 13.1 Å². The zero-order valence-electron chi connectivity index (χ0n) is 26.0. The van der Waals surface area contributed by atoms with Crippen LogP contribution in [0.15, 0.2) is 144 Å². The molecule has 5 heteroatoms. The van der Waals surface area contributed by atoms with E-state index in [1.807, 2.05) is 18.2 Å². The lowest BCUT2D eigenvalue weighted by Crippen LogP contribution is -2.50. The Hall–Kier alpha value is -5.78. The minimum atomic E-state index is -2.10. The molecular formula is C42H29N3OSi. The molecule has 6 aromatic carbocycles. The molecule has 0 fully saturated rings. The van der Waals surface area contributed by atoms with Crippen LogP contribution in [0.3, 0.4) is 0 Å². The lowest BCUT2D eigenvalue weighted by Gasteiger charge is -2.20. The SMILES string of the molecule is C[Si]1(C)c2ccccc2-c2c(-c3ccccc3-n3c4ccccc4c4cc5c(cc43)oc3ccccc35)nc(-c3ccccc3)nc21. The van der Waals surface area contributed by atoms with Crippen LogP contribution >= 0.6 is 0 Å². The monoisotopic (exact) mass is 619 g/mol. The first kappa shape index (κ1) is 26.4. The van der Waals surface area contributed by atoms with Crippen molar-refractivity contribution >= 4 is 62.3 Å². The van der Waals surface area contributed by atoms with Crippen LogP contribution in [-0.2, 0) is 0 Å². The van der Waals surface area contributed by atoms with Gasteiger partial charge in [0.1, 0.15) is 19.2 Å². The number of fused-ring (bicyclic) bond motifs is 9. The van der Waals surface area contributed by atoms with Gasteiger partial charge in [-0.1, -0.05) is 122 Å². The fraction of sp³-hybridized carbons (Fsp3) is 0.0476. The van der Waals surface area contributed by atoms with Crippen LogP contribution in [0.1, 0.15) is 0 Å². The van der Waals surface area contributed by atoms with Crippen LogP contribution in [0.4, 0.5) is 0 Å². The lowest BCUT2D eigenvalue weighted by molar-refractivity contribution is 0.669. The molecule has 1 aliphatic heterocycles. The van der Waals surface area contributed by atoms with E-state index in [1.165, 1.54) is 32.4 Å². The number of para-hydroxylation sites is 3. The highest BCUT2D eigenvalue weighted by molar-refractivity contribution is 7.03. The Morgan fingerprint density at radius 1 is 0.553 bits per heavy atom. The molecule has 0 bridgehead atoms. The zero-order chi connectivity index (χ0) is 31.3. The maximum Gasteiger partial charge on any atom is 0.159 e. The van der Waals surface area contributed by atoms with Gasteiger partial charge in [0.2, 0.25) is 0 Å². The second-order valence-corrected chi connectivity index (χ2v) is 17.3. The molecule has 47 heavy (non-hydrogen) atoms. The zero-order valence-corrected chi connectivity index (χ0v) is 27.0. The number of hydrogen-bond acceptors (Lipinski definition) is 3. The largest absolute Gasteiger partial charge is 0.456 e. The summed E-state index contributed by atoms with van der Waals surface area (Å²) in [7, 11) is -2.10. The minimum Gasteiger partial charge on any atom is -0.456 e. The van der Waals surface area contributed by atoms with Gasteiger partial charge < -0.3 is 8.98 Å². The van der Waals surface area contributed by atoms with Gasteiger partial charge in [-0.25, -0.2) is 9.97 Å². The third-order valence-corrected chi connectivity index (χ3v) is 13.3. The van der Waals surface area contributed by atoms with Gasteiger partial charge in [-0.15, -0.1) is 0 Å². The average Bonchev–Trinajstić information content (AvgIpc) is 3.72. The number of furan rings is 1. The number of rotatable bonds is 3. The molecule has 0 N–H and O–H groups in total. The Kier molecular flexibility index (Phi) is 5.41. The number of nitrogens with zero attached hydrogens (tertiary/aromatic N) is 3. The molecule has 0 amide bonds. The summed E-state index contributed by atoms with van der Waals surface area (Å²) < 4.78 is 8.82. The van der Waals surface area contributed by atoms with E-state index in [0.29, 0.717) is 0 Å². The van der Waals surface area contributed by atoms with Gasteiger partial charge in [-0.3, -0.25) is 0 Å². The molecule has 0 unspecified atom stereocenters. The highest BCUT2D eigenvalue weighted by Crippen LogP contribution is 2.42. The first-order chi connectivity index (χ1) is 23.1. The Balaban J connectivity index is 1.32. The minimum absolute atomic E-state index is 0.772. The maximum atomic E-state index is 6.42. The van der Waals surface area contributed by atoms with Crippen molar-refractivity contribution in [3.8, 4) is 39.5 Å². The molecule has 10 rings (SSSR count). The second-order valence-electron chi connectivity index (χ2n) is 13.0. The van der Waals surface area contributed by atoms with E-state index in [0.717, 1.165) is 61.3 Å². The van der Waals surface area contributed by atoms with Crippen molar-refractivity contribution in [2.45, 2.75) is 13.1 Å². The topological polar surface area (TPSA) is 43.9 Å². The van der Waals surface area contributed by atoms with Crippen molar-refractivity contribution in [2.24, 2.45) is 0 Å². The molecule has 9 aromatic rings. The summed E-state index contributed by atoms with van der Waals surface area (Å²) in [5.74, 6) is 0.772. The Bertz CT molecular complexity index is 2720. The predicted molar refractivity (Wildman–Crippen MR) is 197 cm³/mol. The van der Waals surface area contributed by atoms with Gasteiger partial charge in [0.15, 0.2) is 5.82 Å². The van der Waals surface area contributed by atoms with E-state index in [2.05, 4.69) is 139 Å². The van der Waals surface area contributed by atoms with Crippen molar-refractivity contribution in [1.82, 2.24) is 14.5 Å². The van der Waals surface area contributed by atoms with Crippen LogP contribution in [0, 0.1) is 0 Å². The normalized spacial score (nSPS) is 13.5. The molecule has 0 aliphatic carbocycles. The Morgan fingerprint density at radius 3 is 2.13 bits per heavy atom. The number of hydrogen-bond donors (Lipinski definition) is 0. The molecule has 0 radical (unpaired) electrons. The van der Waals surface area contributed by atoms with Crippen LogP contribution in [-0.4, -0.2) is 22.6 Å². The third-order valence-electron chi connectivity index (χ3n) is 9.97. The van der Waals surface area contributed by atoms with Crippen LogP contribution < -0.4 is 10.5 Å². The van der Waals surface area contributed by atoms with E-state index in [4.69, 9.17) is 14.4 Å². The molecular weight excluding hydrogens is 591 g/mol. The van der Waals surface area contributed by atoms with Crippen molar-refractivity contribution < 1.29 is 4.42 Å². The van der Waals surface area contributed by atoms with Gasteiger partial charge in [-0.05, 0) is 35.0 Å². The van der Waals surface area contributed by atoms with E-state index >= 15 is 0 Å². The summed E-state index contributed by atoms with van der Waals surface area (Å²) in [5, 5.41) is 7.29. The molecule has 1 aliphatic rings. The molecule has 0 spiro atoms. The first-order valence-electron chi connectivity index (χ1n) is 16.1. The quantitative estimate of drug-likeness (QED) is 0.185. The van der Waals surface area contributed by atoms with Gasteiger partial charge in [-0.2, -0.15) is 0 Å². The molecule has 0 atom stereocenters. The standard InChI is InChI=1S/C42H29N3OSi/c1-47(2)38-23-13-9-19-30(38)39-40(43-41(44-42(39)47)26-14-4-3-5-15-26)29-18-7-11-21-34(29)45-33-20-10-6-16-27(33)31-24-32-28-17-8-12-22-36(28)46-37(32)25-35(31)45/h3-25H,1-2H3. The molecule has 3 aromatic heterocycles. The van der Waals surface area contributed by atoms with Gasteiger partial charge >= 0.3 is 0 Å². The number of benzene rings is 6. The Labute approximate surface area is 272 Å². The summed E-state index contributed by atoms with van der Waals surface area (Å²) >= 11 is 0. The highest BCUT2D eigenvalue weighted by atomic mass is 28.3. The van der Waals surface area contributed by atoms with E-state index in [9.17, 15) is 0 Å². The lowest BCUT2D eigenvalue weighted by atomic mass is 9.99. The Morgan fingerprint density at radius 2 is 1.26 bits per heavy atom. The smallest absolute Gasteiger partial charge is 0.159 e. The van der Waals surface area contributed by atoms with E-state index < -0.39 is 8.07 Å². The molecule has 0 saturated heterocycles. The molecule has 4 heterocycles. The maximum absolute atomic E-state index is 6.42. The van der Waals surface area contributed by atoms with Crippen molar-refractivity contribution in [1.29, 1.82) is 0 Å². The summed E-state index contributed by atoms with van der Waals surface area (Å²) in [5.41, 5.74) is 10.6. The molecule has 4 nitrogen and oxygen atoms in total. The van der Waals surface area contributed by atoms with Gasteiger partial charge in [0, 0.05) is 49.6 Å². The fourth-order valence-corrected chi connectivity index (χ4v) is 10.7. The summed E-state index contributed by atoms with van der Waals surface area (Å²) in [4.78, 5) is 10.8. The first-order valence-corrected chi connectivity index (χ1v) is 19.1. The number of aromatic nitrogens is 3. The van der Waals surface area contributed by atoms with Crippen molar-refractivity contribution in [2.75, 3.05) is 0 Å². The third kappa shape index (κ3) is 3.69. The molecule has 222 valence electrons.